The third-order valence-electron chi connectivity index (χ3n) is 3.91. The molecular weight excluding hydrogens is 244 g/mol. The number of carboxylic acids is 1. The predicted octanol–water partition coefficient (Wildman–Crippen LogP) is 1.48. The van der Waals surface area contributed by atoms with E-state index in [1.807, 2.05) is 18.7 Å². The van der Waals surface area contributed by atoms with Gasteiger partial charge in [0, 0.05) is 13.1 Å². The van der Waals surface area contributed by atoms with E-state index in [4.69, 9.17) is 5.11 Å². The molecule has 0 radical (unpaired) electrons. The van der Waals surface area contributed by atoms with Crippen LogP contribution in [0, 0.1) is 5.92 Å². The standard InChI is InChI=1S/C14H26N2O3/c1-3-11(2)13(14(18)19)15-10-12(17)16-8-6-4-5-7-9-16/h11,13,15H,3-10H2,1-2H3,(H,18,19)/t11-,13-/m0/s1. The molecule has 19 heavy (non-hydrogen) atoms. The van der Waals surface area contributed by atoms with Gasteiger partial charge < -0.3 is 10.0 Å². The van der Waals surface area contributed by atoms with Crippen LogP contribution in [-0.4, -0.2) is 47.6 Å². The number of nitrogens with zero attached hydrogens (tertiary/aromatic N) is 1. The van der Waals surface area contributed by atoms with Crippen LogP contribution < -0.4 is 5.32 Å². The second-order valence-electron chi connectivity index (χ2n) is 5.38. The van der Waals surface area contributed by atoms with Crippen LogP contribution in [0.1, 0.15) is 46.0 Å². The number of likely N-dealkylation sites (tertiary alicyclic amines) is 1. The zero-order chi connectivity index (χ0) is 14.3. The van der Waals surface area contributed by atoms with Gasteiger partial charge in [0.1, 0.15) is 6.04 Å². The fraction of sp³-hybridized carbons (Fsp3) is 0.857. The lowest BCUT2D eigenvalue weighted by molar-refractivity contribution is -0.141. The molecule has 2 atom stereocenters. The molecule has 0 bridgehead atoms. The summed E-state index contributed by atoms with van der Waals surface area (Å²) in [6.07, 6.45) is 5.25. The highest BCUT2D eigenvalue weighted by atomic mass is 16.4. The smallest absolute Gasteiger partial charge is 0.320 e. The van der Waals surface area contributed by atoms with Gasteiger partial charge in [0.15, 0.2) is 0 Å². The van der Waals surface area contributed by atoms with Crippen molar-refractivity contribution in [1.82, 2.24) is 10.2 Å². The highest BCUT2D eigenvalue weighted by molar-refractivity contribution is 5.80. The van der Waals surface area contributed by atoms with Crippen LogP contribution in [-0.2, 0) is 9.59 Å². The Bertz CT molecular complexity index is 299. The summed E-state index contributed by atoms with van der Waals surface area (Å²) in [5.41, 5.74) is 0. The van der Waals surface area contributed by atoms with Crippen molar-refractivity contribution in [3.05, 3.63) is 0 Å². The maximum Gasteiger partial charge on any atom is 0.320 e. The highest BCUT2D eigenvalue weighted by Crippen LogP contribution is 2.10. The number of carbonyl (C=O) groups excluding carboxylic acids is 1. The lowest BCUT2D eigenvalue weighted by Gasteiger charge is -2.24. The SMILES string of the molecule is CC[C@H](C)[C@H](NCC(=O)N1CCCCCC1)C(=O)O. The Morgan fingerprint density at radius 1 is 1.21 bits per heavy atom. The fourth-order valence-electron chi connectivity index (χ4n) is 2.40. The first-order chi connectivity index (χ1) is 9.06. The zero-order valence-corrected chi connectivity index (χ0v) is 12.0. The minimum absolute atomic E-state index is 0.0226. The van der Waals surface area contributed by atoms with E-state index in [0.717, 1.165) is 32.4 Å². The molecule has 5 heteroatoms. The van der Waals surface area contributed by atoms with Crippen molar-refractivity contribution in [2.75, 3.05) is 19.6 Å². The number of aliphatic carboxylic acids is 1. The number of carbonyl (C=O) groups is 2. The summed E-state index contributed by atoms with van der Waals surface area (Å²) < 4.78 is 0. The molecule has 1 aliphatic heterocycles. The van der Waals surface area contributed by atoms with Crippen molar-refractivity contribution in [2.24, 2.45) is 5.92 Å². The molecule has 0 unspecified atom stereocenters. The molecule has 0 aromatic heterocycles. The minimum atomic E-state index is -0.877. The zero-order valence-electron chi connectivity index (χ0n) is 12.0. The van der Waals surface area contributed by atoms with Crippen LogP contribution in [0.15, 0.2) is 0 Å². The van der Waals surface area contributed by atoms with Gasteiger partial charge in [-0.1, -0.05) is 33.1 Å². The van der Waals surface area contributed by atoms with E-state index < -0.39 is 12.0 Å². The summed E-state index contributed by atoms with van der Waals surface area (Å²) in [4.78, 5) is 25.1. The second kappa shape index (κ2) is 8.15. The lowest BCUT2D eigenvalue weighted by Crippen LogP contribution is -2.47. The van der Waals surface area contributed by atoms with E-state index in [1.165, 1.54) is 12.8 Å². The van der Waals surface area contributed by atoms with Gasteiger partial charge in [0.2, 0.25) is 5.91 Å². The van der Waals surface area contributed by atoms with Crippen LogP contribution in [0.3, 0.4) is 0 Å². The van der Waals surface area contributed by atoms with E-state index in [1.54, 1.807) is 0 Å². The Labute approximate surface area is 115 Å². The molecule has 1 amide bonds. The molecule has 0 aromatic rings. The third kappa shape index (κ3) is 5.19. The monoisotopic (exact) mass is 270 g/mol. The van der Waals surface area contributed by atoms with Gasteiger partial charge in [-0.15, -0.1) is 0 Å². The molecule has 0 saturated carbocycles. The van der Waals surface area contributed by atoms with Crippen molar-refractivity contribution in [2.45, 2.75) is 52.0 Å². The Morgan fingerprint density at radius 2 is 1.79 bits per heavy atom. The van der Waals surface area contributed by atoms with E-state index >= 15 is 0 Å². The van der Waals surface area contributed by atoms with Gasteiger partial charge in [0.05, 0.1) is 6.54 Å². The number of hydrogen-bond donors (Lipinski definition) is 2. The van der Waals surface area contributed by atoms with Crippen molar-refractivity contribution in [3.63, 3.8) is 0 Å². The predicted molar refractivity (Wildman–Crippen MR) is 73.9 cm³/mol. The summed E-state index contributed by atoms with van der Waals surface area (Å²) in [5.74, 6) is -0.830. The number of hydrogen-bond acceptors (Lipinski definition) is 3. The second-order valence-corrected chi connectivity index (χ2v) is 5.38. The van der Waals surface area contributed by atoms with Gasteiger partial charge >= 0.3 is 5.97 Å². The van der Waals surface area contributed by atoms with Gasteiger partial charge in [-0.05, 0) is 18.8 Å². The first-order valence-electron chi connectivity index (χ1n) is 7.30. The number of amides is 1. The van der Waals surface area contributed by atoms with Gasteiger partial charge in [-0.25, -0.2) is 0 Å². The molecule has 0 aliphatic carbocycles. The summed E-state index contributed by atoms with van der Waals surface area (Å²) in [5, 5.41) is 12.1. The molecule has 5 nitrogen and oxygen atoms in total. The Hall–Kier alpha value is -1.10. The molecule has 1 aliphatic rings. The molecule has 1 fully saturated rings. The fourth-order valence-corrected chi connectivity index (χ4v) is 2.40. The van der Waals surface area contributed by atoms with E-state index in [2.05, 4.69) is 5.32 Å². The number of rotatable bonds is 6. The topological polar surface area (TPSA) is 69.6 Å². The van der Waals surface area contributed by atoms with E-state index in [0.29, 0.717) is 0 Å². The number of nitrogens with one attached hydrogen (secondary N) is 1. The van der Waals surface area contributed by atoms with Crippen LogP contribution in [0.5, 0.6) is 0 Å². The van der Waals surface area contributed by atoms with E-state index in [9.17, 15) is 9.59 Å². The summed E-state index contributed by atoms with van der Waals surface area (Å²) in [7, 11) is 0. The Balaban J connectivity index is 2.44. The number of carboxylic acid groups (broad SMARTS) is 1. The summed E-state index contributed by atoms with van der Waals surface area (Å²) in [6.45, 7) is 5.59. The molecule has 110 valence electrons. The average Bonchev–Trinajstić information content (AvgIpc) is 2.66. The van der Waals surface area contributed by atoms with Gasteiger partial charge in [0.25, 0.3) is 0 Å². The summed E-state index contributed by atoms with van der Waals surface area (Å²) >= 11 is 0. The van der Waals surface area contributed by atoms with Crippen LogP contribution in [0.2, 0.25) is 0 Å². The molecule has 2 N–H and O–H groups in total. The van der Waals surface area contributed by atoms with Crippen LogP contribution in [0.4, 0.5) is 0 Å². The molecule has 0 spiro atoms. The molecule has 0 aromatic carbocycles. The van der Waals surface area contributed by atoms with Gasteiger partial charge in [-0.2, -0.15) is 0 Å². The average molecular weight is 270 g/mol. The van der Waals surface area contributed by atoms with Crippen molar-refractivity contribution >= 4 is 11.9 Å². The largest absolute Gasteiger partial charge is 0.480 e. The van der Waals surface area contributed by atoms with Gasteiger partial charge in [-0.3, -0.25) is 14.9 Å². The molecule has 1 heterocycles. The Morgan fingerprint density at radius 3 is 2.26 bits per heavy atom. The van der Waals surface area contributed by atoms with Crippen LogP contribution >= 0.6 is 0 Å². The lowest BCUT2D eigenvalue weighted by atomic mass is 9.99. The molecular formula is C14H26N2O3. The summed E-state index contributed by atoms with van der Waals surface area (Å²) in [6, 6.07) is -0.638. The normalized spacial score (nSPS) is 19.6. The maximum absolute atomic E-state index is 12.1. The first kappa shape index (κ1) is 16.0. The minimum Gasteiger partial charge on any atom is -0.480 e. The Kier molecular flexibility index (Phi) is 6.84. The molecule has 1 saturated heterocycles. The quantitative estimate of drug-likeness (QED) is 0.767. The first-order valence-corrected chi connectivity index (χ1v) is 7.30. The highest BCUT2D eigenvalue weighted by Gasteiger charge is 2.24. The maximum atomic E-state index is 12.1. The van der Waals surface area contributed by atoms with E-state index in [-0.39, 0.29) is 18.4 Å². The molecule has 1 rings (SSSR count). The van der Waals surface area contributed by atoms with Crippen molar-refractivity contribution in [3.8, 4) is 0 Å². The van der Waals surface area contributed by atoms with Crippen molar-refractivity contribution < 1.29 is 14.7 Å². The van der Waals surface area contributed by atoms with Crippen molar-refractivity contribution in [1.29, 1.82) is 0 Å². The third-order valence-corrected chi connectivity index (χ3v) is 3.91. The van der Waals surface area contributed by atoms with Crippen LogP contribution in [0.25, 0.3) is 0 Å².